The monoisotopic (exact) mass is 215 g/mol. The number of nitrogens with zero attached hydrogens (tertiary/aromatic N) is 1. The van der Waals surface area contributed by atoms with Crippen molar-refractivity contribution >= 4 is 10.9 Å². The molecule has 0 atom stereocenters. The first-order valence-electron chi connectivity index (χ1n) is 4.26. The molecule has 0 saturated heterocycles. The van der Waals surface area contributed by atoms with Gasteiger partial charge in [-0.1, -0.05) is 12.1 Å². The van der Waals surface area contributed by atoms with Crippen LogP contribution in [-0.2, 0) is 13.2 Å². The van der Waals surface area contributed by atoms with Crippen LogP contribution in [0.2, 0.25) is 0 Å². The van der Waals surface area contributed by atoms with Crippen LogP contribution < -0.4 is 0 Å². The van der Waals surface area contributed by atoms with Crippen LogP contribution in [0.4, 0.5) is 13.2 Å². The third-order valence-corrected chi connectivity index (χ3v) is 2.33. The predicted octanol–water partition coefficient (Wildman–Crippen LogP) is 2.90. The highest BCUT2D eigenvalue weighted by atomic mass is 19.4. The molecule has 0 bridgehead atoms. The van der Waals surface area contributed by atoms with E-state index >= 15 is 0 Å². The van der Waals surface area contributed by atoms with Gasteiger partial charge in [-0.15, -0.1) is 0 Å². The Balaban J connectivity index is 2.82. The minimum atomic E-state index is -4.40. The summed E-state index contributed by atoms with van der Waals surface area (Å²) in [6.07, 6.45) is -4.40. The first-order chi connectivity index (χ1) is 6.91. The lowest BCUT2D eigenvalue weighted by atomic mass is 10.2. The topological polar surface area (TPSA) is 25.2 Å². The summed E-state index contributed by atoms with van der Waals surface area (Å²) in [5.41, 5.74) is -0.566. The molecule has 0 amide bonds. The molecule has 0 saturated carbocycles. The molecule has 80 valence electrons. The third-order valence-electron chi connectivity index (χ3n) is 2.33. The van der Waals surface area contributed by atoms with E-state index in [1.54, 1.807) is 0 Å². The highest BCUT2D eigenvalue weighted by Crippen LogP contribution is 2.35. The SMILES string of the molecule is Cn1c(C(F)(F)F)cc2cccc(O)c21. The average molecular weight is 215 g/mol. The molecular formula is C10H8F3NO. The van der Waals surface area contributed by atoms with Crippen LogP contribution >= 0.6 is 0 Å². The van der Waals surface area contributed by atoms with E-state index < -0.39 is 11.9 Å². The molecule has 0 aliphatic heterocycles. The van der Waals surface area contributed by atoms with Crippen molar-refractivity contribution in [1.29, 1.82) is 0 Å². The highest BCUT2D eigenvalue weighted by molar-refractivity contribution is 5.86. The van der Waals surface area contributed by atoms with Crippen LogP contribution in [-0.4, -0.2) is 9.67 Å². The maximum Gasteiger partial charge on any atom is 0.431 e. The van der Waals surface area contributed by atoms with Gasteiger partial charge in [-0.2, -0.15) is 13.2 Å². The number of aryl methyl sites for hydroxylation is 1. The fourth-order valence-corrected chi connectivity index (χ4v) is 1.67. The fraction of sp³-hybridized carbons (Fsp3) is 0.200. The van der Waals surface area contributed by atoms with E-state index in [1.807, 2.05) is 0 Å². The first kappa shape index (κ1) is 9.89. The molecule has 0 radical (unpaired) electrons. The number of hydrogen-bond donors (Lipinski definition) is 1. The second kappa shape index (κ2) is 2.92. The van der Waals surface area contributed by atoms with Crippen molar-refractivity contribution in [2.24, 2.45) is 7.05 Å². The average Bonchev–Trinajstić information content (AvgIpc) is 2.44. The van der Waals surface area contributed by atoms with Crippen LogP contribution in [0.5, 0.6) is 5.75 Å². The summed E-state index contributed by atoms with van der Waals surface area (Å²) < 4.78 is 38.5. The summed E-state index contributed by atoms with van der Waals surface area (Å²) in [5.74, 6) is -0.148. The molecule has 0 aliphatic carbocycles. The number of phenolic OH excluding ortho intramolecular Hbond substituents is 1. The van der Waals surface area contributed by atoms with Crippen LogP contribution in [0.15, 0.2) is 24.3 Å². The Bertz CT molecular complexity index is 513. The van der Waals surface area contributed by atoms with Gasteiger partial charge >= 0.3 is 6.18 Å². The molecule has 5 heteroatoms. The number of alkyl halides is 3. The van der Waals surface area contributed by atoms with Gasteiger partial charge in [0, 0.05) is 12.4 Å². The zero-order valence-corrected chi connectivity index (χ0v) is 7.84. The Labute approximate surface area is 83.6 Å². The van der Waals surface area contributed by atoms with Crippen LogP contribution in [0, 0.1) is 0 Å². The molecule has 1 aromatic carbocycles. The molecule has 2 rings (SSSR count). The molecule has 15 heavy (non-hydrogen) atoms. The molecule has 1 aromatic heterocycles. The lowest BCUT2D eigenvalue weighted by Crippen LogP contribution is -2.10. The highest BCUT2D eigenvalue weighted by Gasteiger charge is 2.34. The molecule has 0 fully saturated rings. The molecule has 2 aromatic rings. The van der Waals surface area contributed by atoms with Crippen molar-refractivity contribution in [3.63, 3.8) is 0 Å². The second-order valence-electron chi connectivity index (χ2n) is 3.30. The molecule has 0 unspecified atom stereocenters. The van der Waals surface area contributed by atoms with Gasteiger partial charge < -0.3 is 9.67 Å². The quantitative estimate of drug-likeness (QED) is 0.718. The van der Waals surface area contributed by atoms with Crippen molar-refractivity contribution in [2.75, 3.05) is 0 Å². The van der Waals surface area contributed by atoms with Gasteiger partial charge in [-0.25, -0.2) is 0 Å². The Hall–Kier alpha value is -1.65. The maximum absolute atomic E-state index is 12.5. The summed E-state index contributed by atoms with van der Waals surface area (Å²) in [6, 6.07) is 5.43. The number of benzene rings is 1. The van der Waals surface area contributed by atoms with Gasteiger partial charge in [-0.3, -0.25) is 0 Å². The lowest BCUT2D eigenvalue weighted by Gasteiger charge is -2.07. The van der Waals surface area contributed by atoms with Crippen molar-refractivity contribution in [3.8, 4) is 5.75 Å². The summed E-state index contributed by atoms with van der Waals surface area (Å²) in [6.45, 7) is 0. The number of aromatic hydroxyl groups is 1. The first-order valence-corrected chi connectivity index (χ1v) is 4.26. The van der Waals surface area contributed by atoms with E-state index in [9.17, 15) is 18.3 Å². The van der Waals surface area contributed by atoms with Crippen molar-refractivity contribution < 1.29 is 18.3 Å². The Morgan fingerprint density at radius 3 is 2.47 bits per heavy atom. The normalized spacial score (nSPS) is 12.3. The van der Waals surface area contributed by atoms with E-state index in [1.165, 1.54) is 25.2 Å². The third kappa shape index (κ3) is 1.44. The predicted molar refractivity (Wildman–Crippen MR) is 49.6 cm³/mol. The van der Waals surface area contributed by atoms with Gasteiger partial charge in [0.25, 0.3) is 0 Å². The minimum absolute atomic E-state index is 0.148. The minimum Gasteiger partial charge on any atom is -0.506 e. The number of fused-ring (bicyclic) bond motifs is 1. The fourth-order valence-electron chi connectivity index (χ4n) is 1.67. The van der Waals surface area contributed by atoms with E-state index in [0.717, 1.165) is 10.6 Å². The molecule has 0 aliphatic rings. The lowest BCUT2D eigenvalue weighted by molar-refractivity contribution is -0.142. The Kier molecular flexibility index (Phi) is 1.92. The van der Waals surface area contributed by atoms with Gasteiger partial charge in [0.2, 0.25) is 0 Å². The molecule has 0 spiro atoms. The number of aromatic nitrogens is 1. The number of hydrogen-bond acceptors (Lipinski definition) is 1. The van der Waals surface area contributed by atoms with Gasteiger partial charge in [0.05, 0.1) is 5.52 Å². The van der Waals surface area contributed by atoms with Crippen molar-refractivity contribution in [1.82, 2.24) is 4.57 Å². The summed E-state index contributed by atoms with van der Waals surface area (Å²) in [7, 11) is 1.28. The summed E-state index contributed by atoms with van der Waals surface area (Å²) in [4.78, 5) is 0. The Morgan fingerprint density at radius 2 is 1.93 bits per heavy atom. The van der Waals surface area contributed by atoms with E-state index in [2.05, 4.69) is 0 Å². The van der Waals surface area contributed by atoms with Crippen LogP contribution in [0.1, 0.15) is 5.69 Å². The van der Waals surface area contributed by atoms with Crippen molar-refractivity contribution in [3.05, 3.63) is 30.0 Å². The van der Waals surface area contributed by atoms with E-state index in [0.29, 0.717) is 5.39 Å². The molecular weight excluding hydrogens is 207 g/mol. The number of para-hydroxylation sites is 1. The number of phenols is 1. The summed E-state index contributed by atoms with van der Waals surface area (Å²) in [5, 5.41) is 9.82. The largest absolute Gasteiger partial charge is 0.506 e. The van der Waals surface area contributed by atoms with Gasteiger partial charge in [-0.05, 0) is 12.1 Å². The van der Waals surface area contributed by atoms with Gasteiger partial charge in [0.15, 0.2) is 0 Å². The smallest absolute Gasteiger partial charge is 0.431 e. The van der Waals surface area contributed by atoms with Crippen LogP contribution in [0.3, 0.4) is 0 Å². The van der Waals surface area contributed by atoms with E-state index in [-0.39, 0.29) is 11.3 Å². The Morgan fingerprint density at radius 1 is 1.27 bits per heavy atom. The van der Waals surface area contributed by atoms with E-state index in [4.69, 9.17) is 0 Å². The zero-order chi connectivity index (χ0) is 11.2. The van der Waals surface area contributed by atoms with Gasteiger partial charge in [0.1, 0.15) is 11.4 Å². The zero-order valence-electron chi connectivity index (χ0n) is 7.84. The standard InChI is InChI=1S/C10H8F3NO/c1-14-8(10(11,12)13)5-6-3-2-4-7(15)9(6)14/h2-5,15H,1H3. The molecule has 2 nitrogen and oxygen atoms in total. The molecule has 1 heterocycles. The second-order valence-corrected chi connectivity index (χ2v) is 3.30. The summed E-state index contributed by atoms with van der Waals surface area (Å²) >= 11 is 0. The maximum atomic E-state index is 12.5. The number of halogens is 3. The van der Waals surface area contributed by atoms with Crippen LogP contribution in [0.25, 0.3) is 10.9 Å². The molecule has 1 N–H and O–H groups in total. The number of rotatable bonds is 0. The van der Waals surface area contributed by atoms with Crippen molar-refractivity contribution in [2.45, 2.75) is 6.18 Å².